The first-order valence-corrected chi connectivity index (χ1v) is 10.9. The van der Waals surface area contributed by atoms with Crippen LogP contribution < -0.4 is 15.5 Å². The fourth-order valence-corrected chi connectivity index (χ4v) is 3.88. The molecule has 6 nitrogen and oxygen atoms in total. The van der Waals surface area contributed by atoms with E-state index in [1.54, 1.807) is 24.3 Å². The van der Waals surface area contributed by atoms with E-state index >= 15 is 0 Å². The van der Waals surface area contributed by atoms with Crippen molar-refractivity contribution < 1.29 is 27.6 Å². The molecule has 1 aliphatic rings. The summed E-state index contributed by atoms with van der Waals surface area (Å²) in [5, 5.41) is 5.51. The van der Waals surface area contributed by atoms with E-state index in [1.807, 2.05) is 30.3 Å². The third-order valence-corrected chi connectivity index (χ3v) is 5.71. The maximum Gasteiger partial charge on any atom is 0.416 e. The Bertz CT molecular complexity index is 1250. The minimum absolute atomic E-state index is 0.0612. The molecule has 0 radical (unpaired) electrons. The van der Waals surface area contributed by atoms with Crippen LogP contribution in [0, 0.1) is 5.92 Å². The number of benzene rings is 3. The number of halogens is 3. The van der Waals surface area contributed by atoms with Gasteiger partial charge in [-0.25, -0.2) is 0 Å². The number of alkyl halides is 3. The molecule has 9 heteroatoms. The van der Waals surface area contributed by atoms with Gasteiger partial charge in [-0.2, -0.15) is 13.2 Å². The van der Waals surface area contributed by atoms with Crippen molar-refractivity contribution in [3.8, 4) is 0 Å². The van der Waals surface area contributed by atoms with E-state index in [0.717, 1.165) is 17.7 Å². The summed E-state index contributed by atoms with van der Waals surface area (Å²) in [6.45, 7) is 0.249. The second kappa shape index (κ2) is 10.0. The number of nitrogens with one attached hydrogen (secondary N) is 2. The Hall–Kier alpha value is -4.14. The quantitative estimate of drug-likeness (QED) is 0.539. The maximum atomic E-state index is 13.1. The van der Waals surface area contributed by atoms with E-state index in [0.29, 0.717) is 6.54 Å². The standard InChI is InChI=1S/C26H22F3N3O3/c27-26(28,29)19-9-6-10-20(14-19)32-16-18(13-23(32)33)24(34)31-22-12-5-4-11-21(22)25(35)30-15-17-7-2-1-3-8-17/h1-12,14,18H,13,15-16H2,(H,30,35)(H,31,34)/t18-/m0/s1. The molecule has 3 amide bonds. The Balaban J connectivity index is 1.43. The minimum atomic E-state index is -4.54. The normalized spacial score (nSPS) is 15.7. The number of carbonyl (C=O) groups excluding carboxylic acids is 3. The van der Waals surface area contributed by atoms with Gasteiger partial charge < -0.3 is 15.5 Å². The average Bonchev–Trinajstić information content (AvgIpc) is 3.25. The van der Waals surface area contributed by atoms with Gasteiger partial charge in [-0.15, -0.1) is 0 Å². The summed E-state index contributed by atoms with van der Waals surface area (Å²) in [6.07, 6.45) is -4.69. The molecule has 2 N–H and O–H groups in total. The van der Waals surface area contributed by atoms with Gasteiger partial charge in [0.05, 0.1) is 22.7 Å². The number of carbonyl (C=O) groups is 3. The summed E-state index contributed by atoms with van der Waals surface area (Å²) >= 11 is 0. The highest BCUT2D eigenvalue weighted by atomic mass is 19.4. The third kappa shape index (κ3) is 5.68. The average molecular weight is 481 g/mol. The molecule has 1 fully saturated rings. The Labute approximate surface area is 199 Å². The summed E-state index contributed by atoms with van der Waals surface area (Å²) in [7, 11) is 0. The lowest BCUT2D eigenvalue weighted by Crippen LogP contribution is -2.29. The van der Waals surface area contributed by atoms with Gasteiger partial charge in [0, 0.05) is 25.2 Å². The number of anilines is 2. The third-order valence-electron chi connectivity index (χ3n) is 5.71. The molecule has 0 saturated carbocycles. The Morgan fingerprint density at radius 1 is 0.943 bits per heavy atom. The van der Waals surface area contributed by atoms with Crippen molar-refractivity contribution in [1.82, 2.24) is 5.32 Å². The Kier molecular flexibility index (Phi) is 6.86. The minimum Gasteiger partial charge on any atom is -0.348 e. The zero-order chi connectivity index (χ0) is 25.0. The van der Waals surface area contributed by atoms with Crippen LogP contribution in [-0.2, 0) is 22.3 Å². The summed E-state index contributed by atoms with van der Waals surface area (Å²) in [6, 6.07) is 20.3. The number of para-hydroxylation sites is 1. The summed E-state index contributed by atoms with van der Waals surface area (Å²) in [4.78, 5) is 39.3. The highest BCUT2D eigenvalue weighted by Crippen LogP contribution is 2.33. The van der Waals surface area contributed by atoms with Crippen LogP contribution in [0.3, 0.4) is 0 Å². The Morgan fingerprint density at radius 3 is 2.40 bits per heavy atom. The van der Waals surface area contributed by atoms with Crippen LogP contribution >= 0.6 is 0 Å². The number of hydrogen-bond acceptors (Lipinski definition) is 3. The van der Waals surface area contributed by atoms with Gasteiger partial charge >= 0.3 is 6.18 Å². The number of amides is 3. The van der Waals surface area contributed by atoms with Crippen LogP contribution in [0.25, 0.3) is 0 Å². The molecule has 4 rings (SSSR count). The van der Waals surface area contributed by atoms with E-state index in [-0.39, 0.29) is 35.8 Å². The van der Waals surface area contributed by atoms with Crippen LogP contribution in [0.2, 0.25) is 0 Å². The number of hydrogen-bond donors (Lipinski definition) is 2. The molecule has 1 aliphatic heterocycles. The second-order valence-electron chi connectivity index (χ2n) is 8.16. The van der Waals surface area contributed by atoms with E-state index in [4.69, 9.17) is 0 Å². The molecule has 0 bridgehead atoms. The molecule has 0 aromatic heterocycles. The van der Waals surface area contributed by atoms with Gasteiger partial charge in [-0.05, 0) is 35.9 Å². The van der Waals surface area contributed by atoms with Gasteiger partial charge in [0.25, 0.3) is 5.91 Å². The van der Waals surface area contributed by atoms with E-state index < -0.39 is 29.5 Å². The zero-order valence-electron chi connectivity index (χ0n) is 18.5. The molecule has 1 heterocycles. The van der Waals surface area contributed by atoms with Crippen LogP contribution in [0.4, 0.5) is 24.5 Å². The van der Waals surface area contributed by atoms with Crippen LogP contribution in [0.5, 0.6) is 0 Å². The van der Waals surface area contributed by atoms with Gasteiger partial charge in [0.1, 0.15) is 0 Å². The fraction of sp³-hybridized carbons (Fsp3) is 0.192. The molecule has 3 aromatic rings. The smallest absolute Gasteiger partial charge is 0.348 e. The molecule has 1 saturated heterocycles. The zero-order valence-corrected chi connectivity index (χ0v) is 18.5. The molecule has 180 valence electrons. The van der Waals surface area contributed by atoms with Gasteiger partial charge in [-0.1, -0.05) is 48.5 Å². The van der Waals surface area contributed by atoms with Crippen molar-refractivity contribution in [2.24, 2.45) is 5.92 Å². The number of rotatable bonds is 6. The molecule has 0 spiro atoms. The predicted molar refractivity (Wildman–Crippen MR) is 125 cm³/mol. The lowest BCUT2D eigenvalue weighted by atomic mass is 10.1. The van der Waals surface area contributed by atoms with Gasteiger partial charge in [-0.3, -0.25) is 14.4 Å². The summed E-state index contributed by atoms with van der Waals surface area (Å²) in [5.74, 6) is -2.09. The van der Waals surface area contributed by atoms with Crippen molar-refractivity contribution in [2.75, 3.05) is 16.8 Å². The fourth-order valence-electron chi connectivity index (χ4n) is 3.88. The highest BCUT2D eigenvalue weighted by molar-refractivity contribution is 6.07. The Morgan fingerprint density at radius 2 is 1.66 bits per heavy atom. The SMILES string of the molecule is O=C(NCc1ccccc1)c1ccccc1NC(=O)[C@H]1CC(=O)N(c2cccc(C(F)(F)F)c2)C1. The first kappa shape index (κ1) is 24.0. The van der Waals surface area contributed by atoms with Crippen molar-refractivity contribution in [3.05, 3.63) is 95.6 Å². The van der Waals surface area contributed by atoms with Gasteiger partial charge in [0.2, 0.25) is 11.8 Å². The molecular weight excluding hydrogens is 459 g/mol. The van der Waals surface area contributed by atoms with Crippen LogP contribution in [0.15, 0.2) is 78.9 Å². The van der Waals surface area contributed by atoms with E-state index in [2.05, 4.69) is 10.6 Å². The van der Waals surface area contributed by atoms with Crippen LogP contribution in [0.1, 0.15) is 27.9 Å². The largest absolute Gasteiger partial charge is 0.416 e. The van der Waals surface area contributed by atoms with Crippen LogP contribution in [-0.4, -0.2) is 24.3 Å². The maximum absolute atomic E-state index is 13.1. The molecular formula is C26H22F3N3O3. The van der Waals surface area contributed by atoms with Gasteiger partial charge in [0.15, 0.2) is 0 Å². The lowest BCUT2D eigenvalue weighted by Gasteiger charge is -2.18. The first-order valence-electron chi connectivity index (χ1n) is 10.9. The van der Waals surface area contributed by atoms with E-state index in [1.165, 1.54) is 17.0 Å². The van der Waals surface area contributed by atoms with Crippen molar-refractivity contribution >= 4 is 29.1 Å². The second-order valence-corrected chi connectivity index (χ2v) is 8.16. The topological polar surface area (TPSA) is 78.5 Å². The molecule has 0 unspecified atom stereocenters. The molecule has 1 atom stereocenters. The monoisotopic (exact) mass is 481 g/mol. The highest BCUT2D eigenvalue weighted by Gasteiger charge is 2.37. The van der Waals surface area contributed by atoms with Crippen molar-refractivity contribution in [1.29, 1.82) is 0 Å². The van der Waals surface area contributed by atoms with Crippen molar-refractivity contribution in [2.45, 2.75) is 19.1 Å². The number of nitrogens with zero attached hydrogens (tertiary/aromatic N) is 1. The summed E-state index contributed by atoms with van der Waals surface area (Å²) in [5.41, 5.74) is 0.678. The molecule has 3 aromatic carbocycles. The first-order chi connectivity index (χ1) is 16.7. The summed E-state index contributed by atoms with van der Waals surface area (Å²) < 4.78 is 39.2. The molecule has 35 heavy (non-hydrogen) atoms. The lowest BCUT2D eigenvalue weighted by molar-refractivity contribution is -0.137. The van der Waals surface area contributed by atoms with E-state index in [9.17, 15) is 27.6 Å². The molecule has 0 aliphatic carbocycles. The predicted octanol–water partition coefficient (Wildman–Crippen LogP) is 4.63. The van der Waals surface area contributed by atoms with Crippen molar-refractivity contribution in [3.63, 3.8) is 0 Å².